The molecule has 30 heavy (non-hydrogen) atoms. The Hall–Kier alpha value is -2.13. The Morgan fingerprint density at radius 3 is 2.57 bits per heavy atom. The second-order valence-corrected chi connectivity index (χ2v) is 8.28. The van der Waals surface area contributed by atoms with Gasteiger partial charge in [-0.2, -0.15) is 13.2 Å². The van der Waals surface area contributed by atoms with Crippen LogP contribution in [0.15, 0.2) is 24.0 Å². The molecule has 4 atom stereocenters. The topological polar surface area (TPSA) is 93.2 Å². The van der Waals surface area contributed by atoms with Crippen molar-refractivity contribution < 1.29 is 22.6 Å². The van der Waals surface area contributed by atoms with Crippen LogP contribution >= 0.6 is 0 Å². The molecule has 0 unspecified atom stereocenters. The molecule has 6 nitrogen and oxygen atoms in total. The first kappa shape index (κ1) is 22.6. The number of rotatable bonds is 9. The maximum absolute atomic E-state index is 13.1. The van der Waals surface area contributed by atoms with Crippen molar-refractivity contribution >= 4 is 11.5 Å². The van der Waals surface area contributed by atoms with Gasteiger partial charge in [0, 0.05) is 36.5 Å². The maximum Gasteiger partial charge on any atom is 0.419 e. The van der Waals surface area contributed by atoms with Crippen molar-refractivity contribution in [1.82, 2.24) is 10.3 Å². The molecule has 2 fully saturated rings. The average molecular weight is 426 g/mol. The van der Waals surface area contributed by atoms with Crippen molar-refractivity contribution in [3.8, 4) is 0 Å². The summed E-state index contributed by atoms with van der Waals surface area (Å²) < 4.78 is 50.2. The van der Waals surface area contributed by atoms with Gasteiger partial charge in [0.2, 0.25) is 0 Å². The van der Waals surface area contributed by atoms with Crippen LogP contribution in [0.2, 0.25) is 0 Å². The minimum atomic E-state index is -4.61. The average Bonchev–Trinajstić information content (AvgIpc) is 3.15. The number of allylic oxidation sites excluding steroid dienone is 2. The number of alkyl halides is 3. The quantitative estimate of drug-likeness (QED) is 0.414. The lowest BCUT2D eigenvalue weighted by Gasteiger charge is -2.20. The molecule has 1 aromatic heterocycles. The molecule has 0 saturated heterocycles. The number of aromatic nitrogens is 1. The SMILES string of the molecule is COCCO[C@H]1C[C@@H]2[C@H](C1)[C@H]2/C(=C/C(=N)c1cnc(N)c(C(F)(F)F)c1)NC(C)C. The summed E-state index contributed by atoms with van der Waals surface area (Å²) in [6, 6.07) is 1.04. The van der Waals surface area contributed by atoms with E-state index in [-0.39, 0.29) is 29.3 Å². The fraction of sp³-hybridized carbons (Fsp3) is 0.619. The Kier molecular flexibility index (Phi) is 6.71. The number of nitrogens with two attached hydrogens (primary N) is 1. The predicted octanol–water partition coefficient (Wildman–Crippen LogP) is 3.62. The smallest absolute Gasteiger partial charge is 0.386 e. The Morgan fingerprint density at radius 2 is 2.00 bits per heavy atom. The number of nitrogens with one attached hydrogen (secondary N) is 2. The molecule has 1 heterocycles. The van der Waals surface area contributed by atoms with Crippen LogP contribution in [-0.2, 0) is 15.7 Å². The molecule has 2 saturated carbocycles. The number of nitrogens with zero attached hydrogens (tertiary/aromatic N) is 1. The van der Waals surface area contributed by atoms with Crippen LogP contribution < -0.4 is 11.1 Å². The van der Waals surface area contributed by atoms with E-state index in [0.717, 1.165) is 24.6 Å². The molecule has 0 aliphatic heterocycles. The first-order valence-corrected chi connectivity index (χ1v) is 10.1. The number of fused-ring (bicyclic) bond motifs is 1. The zero-order valence-electron chi connectivity index (χ0n) is 17.4. The zero-order chi connectivity index (χ0) is 22.1. The van der Waals surface area contributed by atoms with Crippen LogP contribution in [-0.4, -0.2) is 43.2 Å². The van der Waals surface area contributed by atoms with Gasteiger partial charge in [0.1, 0.15) is 5.82 Å². The zero-order valence-corrected chi connectivity index (χ0v) is 17.4. The van der Waals surface area contributed by atoms with Gasteiger partial charge < -0.3 is 25.9 Å². The molecule has 4 N–H and O–H groups in total. The van der Waals surface area contributed by atoms with Crippen molar-refractivity contribution in [2.45, 2.75) is 45.0 Å². The molecule has 1 aromatic rings. The van der Waals surface area contributed by atoms with Crippen LogP contribution in [0.1, 0.15) is 37.8 Å². The summed E-state index contributed by atoms with van der Waals surface area (Å²) in [6.45, 7) is 5.15. The van der Waals surface area contributed by atoms with Gasteiger partial charge in [-0.15, -0.1) is 0 Å². The molecule has 0 aromatic carbocycles. The van der Waals surface area contributed by atoms with E-state index in [1.807, 2.05) is 13.8 Å². The van der Waals surface area contributed by atoms with Crippen LogP contribution in [0, 0.1) is 23.2 Å². The van der Waals surface area contributed by atoms with Gasteiger partial charge >= 0.3 is 6.18 Å². The molecule has 166 valence electrons. The molecule has 0 spiro atoms. The number of hydrogen-bond donors (Lipinski definition) is 3. The Balaban J connectivity index is 1.72. The number of pyridine rings is 1. The van der Waals surface area contributed by atoms with Crippen LogP contribution in [0.25, 0.3) is 0 Å². The third kappa shape index (κ3) is 5.13. The van der Waals surface area contributed by atoms with Gasteiger partial charge in [0.25, 0.3) is 0 Å². The summed E-state index contributed by atoms with van der Waals surface area (Å²) >= 11 is 0. The Bertz CT molecular complexity index is 798. The number of halogens is 3. The van der Waals surface area contributed by atoms with Crippen LogP contribution in [0.4, 0.5) is 19.0 Å². The van der Waals surface area contributed by atoms with Crippen molar-refractivity contribution in [1.29, 1.82) is 5.41 Å². The number of methoxy groups -OCH3 is 1. The molecule has 2 aliphatic rings. The minimum Gasteiger partial charge on any atom is -0.386 e. The van der Waals surface area contributed by atoms with Crippen molar-refractivity contribution in [2.24, 2.45) is 17.8 Å². The number of ether oxygens (including phenoxy) is 2. The van der Waals surface area contributed by atoms with E-state index < -0.39 is 17.6 Å². The third-order valence-electron chi connectivity index (χ3n) is 5.69. The van der Waals surface area contributed by atoms with Crippen molar-refractivity contribution in [3.05, 3.63) is 35.2 Å². The monoisotopic (exact) mass is 426 g/mol. The molecular weight excluding hydrogens is 397 g/mol. The van der Waals surface area contributed by atoms with Crippen LogP contribution in [0.5, 0.6) is 0 Å². The highest BCUT2D eigenvalue weighted by Crippen LogP contribution is 2.60. The Morgan fingerprint density at radius 1 is 1.33 bits per heavy atom. The van der Waals surface area contributed by atoms with Gasteiger partial charge in [-0.05, 0) is 50.7 Å². The molecule has 9 heteroatoms. The first-order chi connectivity index (χ1) is 14.1. The molecule has 2 aliphatic carbocycles. The summed E-state index contributed by atoms with van der Waals surface area (Å²) in [6.07, 6.45) is 0.361. The minimum absolute atomic E-state index is 0.0194. The predicted molar refractivity (Wildman–Crippen MR) is 108 cm³/mol. The van der Waals surface area contributed by atoms with Gasteiger partial charge in [-0.1, -0.05) is 0 Å². The third-order valence-corrected chi connectivity index (χ3v) is 5.69. The van der Waals surface area contributed by atoms with E-state index in [4.69, 9.17) is 20.6 Å². The van der Waals surface area contributed by atoms with Gasteiger partial charge in [0.05, 0.1) is 30.6 Å². The molecule has 0 bridgehead atoms. The summed E-state index contributed by atoms with van der Waals surface area (Å²) in [7, 11) is 1.64. The van der Waals surface area contributed by atoms with E-state index in [1.54, 1.807) is 13.2 Å². The van der Waals surface area contributed by atoms with Crippen molar-refractivity contribution in [2.75, 3.05) is 26.1 Å². The maximum atomic E-state index is 13.1. The van der Waals surface area contributed by atoms with Gasteiger partial charge in [-0.3, -0.25) is 0 Å². The molecule has 0 radical (unpaired) electrons. The van der Waals surface area contributed by atoms with E-state index in [1.165, 1.54) is 6.20 Å². The standard InChI is InChI=1S/C21H29F3N4O2/c1-11(2)28-18(19-14-7-13(8-15(14)19)30-5-4-29-3)9-17(25)12-6-16(21(22,23)24)20(26)27-10-12/h6,9-11,13-15,19,25,28H,4-5,7-8H2,1-3H3,(H2,26,27)/b18-9-,25-17?/t13-,14+,15-,19-. The summed E-state index contributed by atoms with van der Waals surface area (Å²) in [5.41, 5.74) is 5.32. The van der Waals surface area contributed by atoms with E-state index in [2.05, 4.69) is 10.3 Å². The highest BCUT2D eigenvalue weighted by molar-refractivity contribution is 6.07. The van der Waals surface area contributed by atoms with E-state index in [0.29, 0.717) is 25.0 Å². The first-order valence-electron chi connectivity index (χ1n) is 10.1. The highest BCUT2D eigenvalue weighted by Gasteiger charge is 2.57. The molecular formula is C21H29F3N4O2. The second kappa shape index (κ2) is 8.93. The molecule has 3 rings (SSSR count). The number of hydrogen-bond acceptors (Lipinski definition) is 6. The van der Waals surface area contributed by atoms with E-state index >= 15 is 0 Å². The lowest BCUT2D eigenvalue weighted by atomic mass is 10.0. The summed E-state index contributed by atoms with van der Waals surface area (Å²) in [5, 5.41) is 11.7. The summed E-state index contributed by atoms with van der Waals surface area (Å²) in [5.74, 6) is 0.634. The largest absolute Gasteiger partial charge is 0.419 e. The lowest BCUT2D eigenvalue weighted by Crippen LogP contribution is -2.26. The second-order valence-electron chi connectivity index (χ2n) is 8.28. The highest BCUT2D eigenvalue weighted by atomic mass is 19.4. The summed E-state index contributed by atoms with van der Waals surface area (Å²) in [4.78, 5) is 3.64. The van der Waals surface area contributed by atoms with Crippen LogP contribution in [0.3, 0.4) is 0 Å². The van der Waals surface area contributed by atoms with Gasteiger partial charge in [-0.25, -0.2) is 4.98 Å². The van der Waals surface area contributed by atoms with Crippen molar-refractivity contribution in [3.63, 3.8) is 0 Å². The number of anilines is 1. The fourth-order valence-corrected chi connectivity index (χ4v) is 4.34. The lowest BCUT2D eigenvalue weighted by molar-refractivity contribution is -0.137. The normalized spacial score (nSPS) is 26.0. The fourth-order valence-electron chi connectivity index (χ4n) is 4.34. The molecule has 0 amide bonds. The van der Waals surface area contributed by atoms with Gasteiger partial charge in [0.15, 0.2) is 0 Å². The number of nitrogen functional groups attached to an aromatic ring is 1. The Labute approximate surface area is 174 Å². The van der Waals surface area contributed by atoms with E-state index in [9.17, 15) is 13.2 Å².